The van der Waals surface area contributed by atoms with Crippen LogP contribution in [0.2, 0.25) is 0 Å². The maximum absolute atomic E-state index is 5.65. The first-order chi connectivity index (χ1) is 9.72. The Morgan fingerprint density at radius 3 is 2.40 bits per heavy atom. The molecular weight excluding hydrogens is 244 g/mol. The molecule has 0 unspecified atom stereocenters. The summed E-state index contributed by atoms with van der Waals surface area (Å²) in [6.45, 7) is 5.48. The van der Waals surface area contributed by atoms with Crippen LogP contribution in [-0.4, -0.2) is 19.6 Å². The molecule has 1 aliphatic carbocycles. The third-order valence-corrected chi connectivity index (χ3v) is 5.52. The molecule has 1 spiro atoms. The van der Waals surface area contributed by atoms with Crippen molar-refractivity contribution in [2.75, 3.05) is 24.5 Å². The maximum atomic E-state index is 5.65. The van der Waals surface area contributed by atoms with E-state index < -0.39 is 0 Å². The third-order valence-electron chi connectivity index (χ3n) is 5.52. The lowest BCUT2D eigenvalue weighted by Gasteiger charge is -2.41. The molecule has 1 aromatic rings. The van der Waals surface area contributed by atoms with Crippen molar-refractivity contribution >= 4 is 5.69 Å². The molecule has 0 atom stereocenters. The number of anilines is 1. The number of nitrogens with two attached hydrogens (primary N) is 1. The number of hydrogen-bond acceptors (Lipinski definition) is 2. The molecule has 1 saturated carbocycles. The normalized spacial score (nSPS) is 21.6. The van der Waals surface area contributed by atoms with E-state index in [0.29, 0.717) is 5.41 Å². The van der Waals surface area contributed by atoms with Crippen molar-refractivity contribution in [3.8, 4) is 0 Å². The molecule has 3 rings (SSSR count). The van der Waals surface area contributed by atoms with E-state index in [1.165, 1.54) is 68.4 Å². The lowest BCUT2D eigenvalue weighted by atomic mass is 9.77. The minimum absolute atomic E-state index is 0.712. The lowest BCUT2D eigenvalue weighted by Crippen LogP contribution is -2.39. The van der Waals surface area contributed by atoms with Gasteiger partial charge in [0.15, 0.2) is 0 Å². The summed E-state index contributed by atoms with van der Waals surface area (Å²) in [5.41, 5.74) is 10.6. The predicted molar refractivity (Wildman–Crippen MR) is 86.3 cm³/mol. The molecule has 0 radical (unpaired) electrons. The zero-order chi connectivity index (χ0) is 14.0. The van der Waals surface area contributed by atoms with E-state index in [-0.39, 0.29) is 0 Å². The minimum Gasteiger partial charge on any atom is -0.371 e. The SMILES string of the molecule is Cc1cc(CCN)ccc1N1CCC2(CCCC2)CC1. The zero-order valence-electron chi connectivity index (χ0n) is 12.8. The third kappa shape index (κ3) is 2.71. The van der Waals surface area contributed by atoms with Crippen LogP contribution in [0, 0.1) is 12.3 Å². The van der Waals surface area contributed by atoms with Gasteiger partial charge in [0.1, 0.15) is 0 Å². The van der Waals surface area contributed by atoms with Gasteiger partial charge in [0.05, 0.1) is 0 Å². The Morgan fingerprint density at radius 1 is 1.10 bits per heavy atom. The average Bonchev–Trinajstić information content (AvgIpc) is 2.89. The molecule has 0 bridgehead atoms. The largest absolute Gasteiger partial charge is 0.371 e. The standard InChI is InChI=1S/C18H28N2/c1-15-14-16(6-11-19)4-5-17(15)20-12-9-18(10-13-20)7-2-3-8-18/h4-5,14H,2-3,6-13,19H2,1H3. The molecule has 2 fully saturated rings. The monoisotopic (exact) mass is 272 g/mol. The number of piperidine rings is 1. The minimum atomic E-state index is 0.712. The molecule has 1 aromatic carbocycles. The van der Waals surface area contributed by atoms with Crippen LogP contribution in [0.5, 0.6) is 0 Å². The molecule has 0 amide bonds. The highest BCUT2D eigenvalue weighted by Gasteiger charge is 2.37. The first-order valence-corrected chi connectivity index (χ1v) is 8.27. The highest BCUT2D eigenvalue weighted by molar-refractivity contribution is 5.55. The molecule has 110 valence electrons. The zero-order valence-corrected chi connectivity index (χ0v) is 12.8. The fraction of sp³-hybridized carbons (Fsp3) is 0.667. The fourth-order valence-corrected chi connectivity index (χ4v) is 4.24. The van der Waals surface area contributed by atoms with Crippen molar-refractivity contribution in [2.24, 2.45) is 11.1 Å². The smallest absolute Gasteiger partial charge is 0.0396 e. The van der Waals surface area contributed by atoms with Crippen LogP contribution in [0.15, 0.2) is 18.2 Å². The van der Waals surface area contributed by atoms with E-state index in [2.05, 4.69) is 30.0 Å². The van der Waals surface area contributed by atoms with E-state index in [4.69, 9.17) is 5.73 Å². The number of benzene rings is 1. The van der Waals surface area contributed by atoms with E-state index >= 15 is 0 Å². The molecule has 2 N–H and O–H groups in total. The van der Waals surface area contributed by atoms with Gasteiger partial charge in [-0.15, -0.1) is 0 Å². The van der Waals surface area contributed by atoms with Crippen molar-refractivity contribution in [1.29, 1.82) is 0 Å². The number of hydrogen-bond donors (Lipinski definition) is 1. The van der Waals surface area contributed by atoms with Gasteiger partial charge in [-0.1, -0.05) is 25.0 Å². The van der Waals surface area contributed by atoms with Gasteiger partial charge in [0.25, 0.3) is 0 Å². The molecule has 0 aromatic heterocycles. The summed E-state index contributed by atoms with van der Waals surface area (Å²) in [5, 5.41) is 0. The summed E-state index contributed by atoms with van der Waals surface area (Å²) >= 11 is 0. The van der Waals surface area contributed by atoms with Crippen LogP contribution in [0.1, 0.15) is 49.7 Å². The van der Waals surface area contributed by atoms with Crippen LogP contribution in [0.4, 0.5) is 5.69 Å². The summed E-state index contributed by atoms with van der Waals surface area (Å²) in [4.78, 5) is 2.60. The van der Waals surface area contributed by atoms with Crippen LogP contribution < -0.4 is 10.6 Å². The number of nitrogens with zero attached hydrogens (tertiary/aromatic N) is 1. The first kappa shape index (κ1) is 13.9. The summed E-state index contributed by atoms with van der Waals surface area (Å²) in [6.07, 6.45) is 9.68. The van der Waals surface area contributed by atoms with Gasteiger partial charge in [-0.25, -0.2) is 0 Å². The molecule has 20 heavy (non-hydrogen) atoms. The van der Waals surface area contributed by atoms with Gasteiger partial charge in [0, 0.05) is 18.8 Å². The Labute approximate surface area is 123 Å². The van der Waals surface area contributed by atoms with Crippen molar-refractivity contribution < 1.29 is 0 Å². The molecule has 2 aliphatic rings. The maximum Gasteiger partial charge on any atom is 0.0396 e. The Kier molecular flexibility index (Phi) is 4.02. The molecule has 1 aliphatic heterocycles. The molecule has 1 saturated heterocycles. The molecule has 1 heterocycles. The van der Waals surface area contributed by atoms with Gasteiger partial charge in [-0.05, 0) is 68.2 Å². The number of aryl methyl sites for hydroxylation is 1. The van der Waals surface area contributed by atoms with E-state index in [9.17, 15) is 0 Å². The average molecular weight is 272 g/mol. The quantitative estimate of drug-likeness (QED) is 0.910. The second kappa shape index (κ2) is 5.77. The summed E-state index contributed by atoms with van der Waals surface area (Å²) in [7, 11) is 0. The van der Waals surface area contributed by atoms with Gasteiger partial charge in [-0.2, -0.15) is 0 Å². The lowest BCUT2D eigenvalue weighted by molar-refractivity contribution is 0.226. The van der Waals surface area contributed by atoms with Gasteiger partial charge < -0.3 is 10.6 Å². The van der Waals surface area contributed by atoms with Crippen molar-refractivity contribution in [3.05, 3.63) is 29.3 Å². The Morgan fingerprint density at radius 2 is 1.80 bits per heavy atom. The van der Waals surface area contributed by atoms with E-state index in [0.717, 1.165) is 13.0 Å². The van der Waals surface area contributed by atoms with Gasteiger partial charge in [-0.3, -0.25) is 0 Å². The fourth-order valence-electron chi connectivity index (χ4n) is 4.24. The summed E-state index contributed by atoms with van der Waals surface area (Å²) < 4.78 is 0. The van der Waals surface area contributed by atoms with Crippen LogP contribution >= 0.6 is 0 Å². The second-order valence-corrected chi connectivity index (χ2v) is 6.85. The summed E-state index contributed by atoms with van der Waals surface area (Å²) in [5.74, 6) is 0. The summed E-state index contributed by atoms with van der Waals surface area (Å²) in [6, 6.07) is 6.89. The Hall–Kier alpha value is -1.02. The van der Waals surface area contributed by atoms with Gasteiger partial charge >= 0.3 is 0 Å². The van der Waals surface area contributed by atoms with Crippen molar-refractivity contribution in [1.82, 2.24) is 0 Å². The highest BCUT2D eigenvalue weighted by atomic mass is 15.1. The predicted octanol–water partition coefficient (Wildman–Crippen LogP) is 3.66. The van der Waals surface area contributed by atoms with E-state index in [1.807, 2.05) is 0 Å². The molecule has 2 nitrogen and oxygen atoms in total. The second-order valence-electron chi connectivity index (χ2n) is 6.85. The topological polar surface area (TPSA) is 29.3 Å². The Bertz CT molecular complexity index is 450. The van der Waals surface area contributed by atoms with Crippen LogP contribution in [0.25, 0.3) is 0 Å². The molecular formula is C18H28N2. The number of rotatable bonds is 3. The van der Waals surface area contributed by atoms with Crippen molar-refractivity contribution in [2.45, 2.75) is 51.9 Å². The van der Waals surface area contributed by atoms with E-state index in [1.54, 1.807) is 0 Å². The first-order valence-electron chi connectivity index (χ1n) is 8.27. The van der Waals surface area contributed by atoms with Crippen LogP contribution in [0.3, 0.4) is 0 Å². The van der Waals surface area contributed by atoms with Crippen LogP contribution in [-0.2, 0) is 6.42 Å². The highest BCUT2D eigenvalue weighted by Crippen LogP contribution is 2.46. The molecule has 2 heteroatoms. The van der Waals surface area contributed by atoms with Crippen molar-refractivity contribution in [3.63, 3.8) is 0 Å². The Balaban J connectivity index is 1.68. The van der Waals surface area contributed by atoms with Gasteiger partial charge in [0.2, 0.25) is 0 Å².